The lowest BCUT2D eigenvalue weighted by Crippen LogP contribution is -2.13. The lowest BCUT2D eigenvalue weighted by Gasteiger charge is -2.10. The molecule has 2 aromatic carbocycles. The first-order valence-corrected chi connectivity index (χ1v) is 7.04. The van der Waals surface area contributed by atoms with Crippen LogP contribution in [0.5, 0.6) is 0 Å². The summed E-state index contributed by atoms with van der Waals surface area (Å²) in [5, 5.41) is 11.9. The van der Waals surface area contributed by atoms with Gasteiger partial charge in [0.15, 0.2) is 0 Å². The summed E-state index contributed by atoms with van der Waals surface area (Å²) in [7, 11) is 0. The van der Waals surface area contributed by atoms with E-state index in [0.29, 0.717) is 17.7 Å². The van der Waals surface area contributed by atoms with Crippen LogP contribution in [0, 0.1) is 18.3 Å². The second-order valence-electron chi connectivity index (χ2n) is 5.00. The van der Waals surface area contributed by atoms with Crippen LogP contribution in [0.2, 0.25) is 0 Å². The molecule has 0 fully saturated rings. The van der Waals surface area contributed by atoms with Crippen LogP contribution in [0.1, 0.15) is 29.5 Å². The van der Waals surface area contributed by atoms with E-state index in [2.05, 4.69) is 23.5 Å². The first kappa shape index (κ1) is 14.8. The fourth-order valence-electron chi connectivity index (χ4n) is 2.23. The molecule has 0 saturated carbocycles. The van der Waals surface area contributed by atoms with Crippen molar-refractivity contribution in [2.75, 3.05) is 5.32 Å². The molecule has 0 saturated heterocycles. The molecule has 106 valence electrons. The Bertz CT molecular complexity index is 657. The largest absolute Gasteiger partial charge is 0.325 e. The van der Waals surface area contributed by atoms with Crippen LogP contribution < -0.4 is 5.32 Å². The number of nitrogens with zero attached hydrogens (tertiary/aromatic N) is 1. The Morgan fingerprint density at radius 2 is 1.90 bits per heavy atom. The molecule has 3 nitrogen and oxygen atoms in total. The third-order valence-electron chi connectivity index (χ3n) is 3.37. The number of carbonyl (C=O) groups is 1. The Hall–Kier alpha value is -2.60. The van der Waals surface area contributed by atoms with Gasteiger partial charge in [0.25, 0.3) is 0 Å². The van der Waals surface area contributed by atoms with Crippen molar-refractivity contribution in [3.8, 4) is 6.07 Å². The fraction of sp³-hybridized carbons (Fsp3) is 0.222. The number of carbonyl (C=O) groups excluding carboxylic acids is 1. The number of benzene rings is 2. The average Bonchev–Trinajstić information content (AvgIpc) is 2.50. The number of hydrogen-bond donors (Lipinski definition) is 1. The Labute approximate surface area is 125 Å². The second-order valence-corrected chi connectivity index (χ2v) is 5.00. The number of rotatable bonds is 5. The molecule has 1 amide bonds. The van der Waals surface area contributed by atoms with Gasteiger partial charge in [-0.1, -0.05) is 42.5 Å². The number of aryl methyl sites for hydroxylation is 2. The van der Waals surface area contributed by atoms with E-state index in [1.165, 1.54) is 5.56 Å². The second kappa shape index (κ2) is 7.25. The molecule has 0 atom stereocenters. The summed E-state index contributed by atoms with van der Waals surface area (Å²) < 4.78 is 0. The molecule has 0 radical (unpaired) electrons. The standard InChI is InChI=1S/C18H18N2O/c1-14-7-5-11-16(13-19)18(14)20-17(21)12-6-10-15-8-3-2-4-9-15/h2-5,7-9,11H,6,10,12H2,1H3,(H,20,21). The van der Waals surface area contributed by atoms with Gasteiger partial charge in [0.1, 0.15) is 6.07 Å². The zero-order chi connectivity index (χ0) is 15.1. The summed E-state index contributed by atoms with van der Waals surface area (Å²) in [5.41, 5.74) is 3.28. The molecule has 0 aromatic heterocycles. The van der Waals surface area contributed by atoms with Gasteiger partial charge in [0.2, 0.25) is 5.91 Å². The van der Waals surface area contributed by atoms with Gasteiger partial charge >= 0.3 is 0 Å². The van der Waals surface area contributed by atoms with Crippen LogP contribution in [0.15, 0.2) is 48.5 Å². The summed E-state index contributed by atoms with van der Waals surface area (Å²) >= 11 is 0. The van der Waals surface area contributed by atoms with E-state index in [4.69, 9.17) is 5.26 Å². The molecule has 21 heavy (non-hydrogen) atoms. The van der Waals surface area contributed by atoms with Crippen LogP contribution in [0.3, 0.4) is 0 Å². The maximum atomic E-state index is 12.0. The molecule has 0 spiro atoms. The fourth-order valence-corrected chi connectivity index (χ4v) is 2.23. The van der Waals surface area contributed by atoms with Crippen molar-refractivity contribution in [3.05, 3.63) is 65.2 Å². The molecule has 0 bridgehead atoms. The van der Waals surface area contributed by atoms with E-state index in [1.807, 2.05) is 37.3 Å². The molecular weight excluding hydrogens is 260 g/mol. The van der Waals surface area contributed by atoms with Gasteiger partial charge in [0, 0.05) is 6.42 Å². The van der Waals surface area contributed by atoms with Gasteiger partial charge in [-0.3, -0.25) is 4.79 Å². The van der Waals surface area contributed by atoms with Crippen LogP contribution in [0.25, 0.3) is 0 Å². The molecule has 0 aliphatic carbocycles. The van der Waals surface area contributed by atoms with E-state index < -0.39 is 0 Å². The average molecular weight is 278 g/mol. The van der Waals surface area contributed by atoms with Crippen molar-refractivity contribution < 1.29 is 4.79 Å². The van der Waals surface area contributed by atoms with E-state index in [0.717, 1.165) is 18.4 Å². The van der Waals surface area contributed by atoms with Gasteiger partial charge in [-0.15, -0.1) is 0 Å². The minimum absolute atomic E-state index is 0.0447. The highest BCUT2D eigenvalue weighted by Crippen LogP contribution is 2.20. The highest BCUT2D eigenvalue weighted by atomic mass is 16.1. The normalized spacial score (nSPS) is 9.90. The molecule has 3 heteroatoms. The quantitative estimate of drug-likeness (QED) is 0.903. The summed E-state index contributed by atoms with van der Waals surface area (Å²) in [6.45, 7) is 1.89. The first-order chi connectivity index (χ1) is 10.2. The Morgan fingerprint density at radius 1 is 1.14 bits per heavy atom. The number of nitriles is 1. The first-order valence-electron chi connectivity index (χ1n) is 7.04. The van der Waals surface area contributed by atoms with E-state index in [1.54, 1.807) is 6.07 Å². The topological polar surface area (TPSA) is 52.9 Å². The lowest BCUT2D eigenvalue weighted by molar-refractivity contribution is -0.116. The van der Waals surface area contributed by atoms with Gasteiger partial charge in [0.05, 0.1) is 11.3 Å². The van der Waals surface area contributed by atoms with Crippen LogP contribution in [0.4, 0.5) is 5.69 Å². The zero-order valence-corrected chi connectivity index (χ0v) is 12.1. The number of amides is 1. The minimum Gasteiger partial charge on any atom is -0.325 e. The predicted octanol–water partition coefficient (Wildman–Crippen LogP) is 3.83. The summed E-state index contributed by atoms with van der Waals surface area (Å²) in [6, 6.07) is 17.6. The van der Waals surface area contributed by atoms with Gasteiger partial charge in [-0.05, 0) is 37.0 Å². The van der Waals surface area contributed by atoms with E-state index in [-0.39, 0.29) is 5.91 Å². The maximum absolute atomic E-state index is 12.0. The third-order valence-corrected chi connectivity index (χ3v) is 3.37. The Balaban J connectivity index is 1.90. The number of nitrogens with one attached hydrogen (secondary N) is 1. The van der Waals surface area contributed by atoms with E-state index >= 15 is 0 Å². The highest BCUT2D eigenvalue weighted by molar-refractivity contribution is 5.93. The molecule has 0 aliphatic rings. The van der Waals surface area contributed by atoms with Crippen LogP contribution >= 0.6 is 0 Å². The number of hydrogen-bond acceptors (Lipinski definition) is 2. The van der Waals surface area contributed by atoms with Gasteiger partial charge in [-0.2, -0.15) is 5.26 Å². The van der Waals surface area contributed by atoms with Crippen molar-refractivity contribution >= 4 is 11.6 Å². The number of para-hydroxylation sites is 1. The van der Waals surface area contributed by atoms with E-state index in [9.17, 15) is 4.79 Å². The third kappa shape index (κ3) is 4.19. The van der Waals surface area contributed by atoms with Crippen molar-refractivity contribution in [1.82, 2.24) is 0 Å². The summed E-state index contributed by atoms with van der Waals surface area (Å²) in [4.78, 5) is 12.0. The molecule has 0 heterocycles. The van der Waals surface area contributed by atoms with Gasteiger partial charge < -0.3 is 5.32 Å². The highest BCUT2D eigenvalue weighted by Gasteiger charge is 2.09. The predicted molar refractivity (Wildman–Crippen MR) is 83.9 cm³/mol. The summed E-state index contributed by atoms with van der Waals surface area (Å²) in [5.74, 6) is -0.0447. The Morgan fingerprint density at radius 3 is 2.62 bits per heavy atom. The monoisotopic (exact) mass is 278 g/mol. The number of anilines is 1. The van der Waals surface area contributed by atoms with Crippen molar-refractivity contribution in [2.45, 2.75) is 26.2 Å². The molecule has 0 aliphatic heterocycles. The molecular formula is C18H18N2O. The van der Waals surface area contributed by atoms with Crippen molar-refractivity contribution in [3.63, 3.8) is 0 Å². The maximum Gasteiger partial charge on any atom is 0.224 e. The minimum atomic E-state index is -0.0447. The SMILES string of the molecule is Cc1cccc(C#N)c1NC(=O)CCCc1ccccc1. The molecule has 0 unspecified atom stereocenters. The van der Waals surface area contributed by atoms with Crippen LogP contribution in [-0.2, 0) is 11.2 Å². The lowest BCUT2D eigenvalue weighted by atomic mass is 10.1. The zero-order valence-electron chi connectivity index (χ0n) is 12.1. The van der Waals surface area contributed by atoms with Crippen LogP contribution in [-0.4, -0.2) is 5.91 Å². The van der Waals surface area contributed by atoms with Gasteiger partial charge in [-0.25, -0.2) is 0 Å². The molecule has 1 N–H and O–H groups in total. The Kier molecular flexibility index (Phi) is 5.11. The van der Waals surface area contributed by atoms with Crippen molar-refractivity contribution in [1.29, 1.82) is 5.26 Å². The molecule has 2 aromatic rings. The van der Waals surface area contributed by atoms with Crippen molar-refractivity contribution in [2.24, 2.45) is 0 Å². The summed E-state index contributed by atoms with van der Waals surface area (Å²) in [6.07, 6.45) is 2.13. The molecule has 2 rings (SSSR count). The smallest absolute Gasteiger partial charge is 0.224 e.